The molecule has 0 saturated carbocycles. The molecule has 0 atom stereocenters. The maximum atomic E-state index is 11.9. The Bertz CT molecular complexity index is 468. The number of nitrogens with two attached hydrogens (primary N) is 1. The van der Waals surface area contributed by atoms with Crippen molar-refractivity contribution < 1.29 is 14.3 Å². The Morgan fingerprint density at radius 2 is 2.16 bits per heavy atom. The molecule has 0 saturated heterocycles. The third-order valence-electron chi connectivity index (χ3n) is 2.63. The lowest BCUT2D eigenvalue weighted by Crippen LogP contribution is -2.27. The van der Waals surface area contributed by atoms with Crippen molar-refractivity contribution in [2.75, 3.05) is 18.9 Å². The monoisotopic (exact) mass is 268 g/mol. The maximum Gasteiger partial charge on any atom is 0.305 e. The van der Waals surface area contributed by atoms with Gasteiger partial charge < -0.3 is 15.8 Å². The molecule has 0 aliphatic heterocycles. The lowest BCUT2D eigenvalue weighted by atomic mass is 10.2. The van der Waals surface area contributed by atoms with Crippen LogP contribution in [0, 0.1) is 6.92 Å². The van der Waals surface area contributed by atoms with Crippen molar-refractivity contribution >= 4 is 17.6 Å². The summed E-state index contributed by atoms with van der Waals surface area (Å²) in [4.78, 5) is 23.0. The van der Waals surface area contributed by atoms with Crippen LogP contribution in [0.4, 0.5) is 5.69 Å². The minimum absolute atomic E-state index is 0.257. The molecule has 0 radical (unpaired) electrons. The van der Waals surface area contributed by atoms with Crippen molar-refractivity contribution in [1.82, 2.24) is 15.1 Å². The van der Waals surface area contributed by atoms with Gasteiger partial charge in [0.25, 0.3) is 5.91 Å². The number of hydrogen-bond donors (Lipinski definition) is 2. The van der Waals surface area contributed by atoms with E-state index in [0.29, 0.717) is 36.6 Å². The van der Waals surface area contributed by atoms with Gasteiger partial charge in [-0.25, -0.2) is 0 Å². The minimum atomic E-state index is -0.288. The number of carbonyl (C=O) groups excluding carboxylic acids is 2. The topological polar surface area (TPSA) is 99.2 Å². The van der Waals surface area contributed by atoms with Crippen LogP contribution < -0.4 is 11.1 Å². The van der Waals surface area contributed by atoms with Crippen molar-refractivity contribution in [2.24, 2.45) is 7.05 Å². The van der Waals surface area contributed by atoms with Crippen molar-refractivity contribution in [3.63, 3.8) is 0 Å². The zero-order chi connectivity index (χ0) is 14.4. The molecule has 7 heteroatoms. The Balaban J connectivity index is 2.42. The van der Waals surface area contributed by atoms with Crippen LogP contribution in [0.1, 0.15) is 35.9 Å². The zero-order valence-electron chi connectivity index (χ0n) is 11.5. The first kappa shape index (κ1) is 15.0. The van der Waals surface area contributed by atoms with Crippen LogP contribution in [-0.4, -0.2) is 34.8 Å². The molecule has 0 fully saturated rings. The number of aryl methyl sites for hydroxylation is 2. The smallest absolute Gasteiger partial charge is 0.305 e. The lowest BCUT2D eigenvalue weighted by Gasteiger charge is -2.06. The Hall–Kier alpha value is -2.05. The number of carbonyl (C=O) groups is 2. The molecule has 0 spiro atoms. The number of nitrogens with one attached hydrogen (secondary N) is 1. The number of aromatic nitrogens is 2. The highest BCUT2D eigenvalue weighted by molar-refractivity contribution is 5.97. The molecule has 19 heavy (non-hydrogen) atoms. The van der Waals surface area contributed by atoms with Crippen LogP contribution in [0.15, 0.2) is 0 Å². The number of nitrogens with zero attached hydrogens (tertiary/aromatic N) is 2. The summed E-state index contributed by atoms with van der Waals surface area (Å²) < 4.78 is 6.24. The van der Waals surface area contributed by atoms with Crippen LogP contribution in [0.5, 0.6) is 0 Å². The quantitative estimate of drug-likeness (QED) is 0.574. The molecule has 0 unspecified atom stereocenters. The molecule has 1 rings (SSSR count). The normalized spacial score (nSPS) is 10.3. The summed E-state index contributed by atoms with van der Waals surface area (Å²) in [6, 6.07) is 0. The van der Waals surface area contributed by atoms with Crippen LogP contribution in [-0.2, 0) is 16.6 Å². The number of anilines is 1. The molecule has 0 aliphatic rings. The third kappa shape index (κ3) is 3.97. The fourth-order valence-electron chi connectivity index (χ4n) is 1.70. The summed E-state index contributed by atoms with van der Waals surface area (Å²) in [7, 11) is 1.66. The molecule has 106 valence electrons. The molecular formula is C12H20N4O3. The average Bonchev–Trinajstić information content (AvgIpc) is 2.59. The van der Waals surface area contributed by atoms with Crippen LogP contribution in [0.25, 0.3) is 0 Å². The van der Waals surface area contributed by atoms with Crippen LogP contribution in [0.3, 0.4) is 0 Å². The number of hydrogen-bond acceptors (Lipinski definition) is 5. The molecule has 7 nitrogen and oxygen atoms in total. The summed E-state index contributed by atoms with van der Waals surface area (Å²) in [5.74, 6) is -0.544. The Morgan fingerprint density at radius 3 is 2.68 bits per heavy atom. The number of rotatable bonds is 6. The molecular weight excluding hydrogens is 248 g/mol. The van der Waals surface area contributed by atoms with E-state index in [0.717, 1.165) is 0 Å². The third-order valence-corrected chi connectivity index (χ3v) is 2.63. The van der Waals surface area contributed by atoms with Crippen molar-refractivity contribution in [1.29, 1.82) is 0 Å². The van der Waals surface area contributed by atoms with Crippen molar-refractivity contribution in [3.8, 4) is 0 Å². The van der Waals surface area contributed by atoms with E-state index in [4.69, 9.17) is 10.5 Å². The van der Waals surface area contributed by atoms with E-state index in [2.05, 4.69) is 10.4 Å². The lowest BCUT2D eigenvalue weighted by molar-refractivity contribution is -0.143. The van der Waals surface area contributed by atoms with Gasteiger partial charge in [-0.1, -0.05) is 0 Å². The predicted molar refractivity (Wildman–Crippen MR) is 70.6 cm³/mol. The average molecular weight is 268 g/mol. The van der Waals surface area contributed by atoms with E-state index in [1.165, 1.54) is 4.68 Å². The summed E-state index contributed by atoms with van der Waals surface area (Å²) >= 11 is 0. The van der Waals surface area contributed by atoms with Gasteiger partial charge in [0, 0.05) is 20.0 Å². The summed E-state index contributed by atoms with van der Waals surface area (Å²) in [5.41, 5.74) is 7.12. The van der Waals surface area contributed by atoms with Crippen LogP contribution >= 0.6 is 0 Å². The van der Waals surface area contributed by atoms with E-state index in [1.54, 1.807) is 20.9 Å². The number of esters is 1. The largest absolute Gasteiger partial charge is 0.466 e. The fraction of sp³-hybridized carbons (Fsp3) is 0.583. The summed E-state index contributed by atoms with van der Waals surface area (Å²) in [5, 5.41) is 6.77. The van der Waals surface area contributed by atoms with Crippen molar-refractivity contribution in [2.45, 2.75) is 26.7 Å². The van der Waals surface area contributed by atoms with Gasteiger partial charge in [-0.3, -0.25) is 14.3 Å². The van der Waals surface area contributed by atoms with Gasteiger partial charge in [0.1, 0.15) is 5.69 Å². The first-order valence-corrected chi connectivity index (χ1v) is 6.20. The molecule has 1 amide bonds. The summed E-state index contributed by atoms with van der Waals surface area (Å²) in [6.45, 7) is 4.26. The maximum absolute atomic E-state index is 11.9. The van der Waals surface area contributed by atoms with Gasteiger partial charge in [-0.05, 0) is 20.3 Å². The molecule has 1 aromatic rings. The first-order valence-electron chi connectivity index (χ1n) is 6.20. The van der Waals surface area contributed by atoms with E-state index in [-0.39, 0.29) is 18.3 Å². The molecule has 1 aromatic heterocycles. The predicted octanol–water partition coefficient (Wildman–Crippen LogP) is 0.384. The molecule has 0 aliphatic carbocycles. The van der Waals surface area contributed by atoms with Crippen LogP contribution in [0.2, 0.25) is 0 Å². The SMILES string of the molecule is CCOC(=O)CCCNC(=O)c1c(N)c(C)nn1C. The van der Waals surface area contributed by atoms with Gasteiger partial charge in [-0.15, -0.1) is 0 Å². The van der Waals surface area contributed by atoms with Gasteiger partial charge >= 0.3 is 5.97 Å². The van der Waals surface area contributed by atoms with Gasteiger partial charge in [-0.2, -0.15) is 5.10 Å². The molecule has 0 bridgehead atoms. The number of amides is 1. The van der Waals surface area contributed by atoms with Crippen molar-refractivity contribution in [3.05, 3.63) is 11.4 Å². The fourth-order valence-corrected chi connectivity index (χ4v) is 1.70. The second-order valence-corrected chi connectivity index (χ2v) is 4.14. The minimum Gasteiger partial charge on any atom is -0.466 e. The Kier molecular flexibility index (Phi) is 5.35. The summed E-state index contributed by atoms with van der Waals surface area (Å²) in [6.07, 6.45) is 0.815. The van der Waals surface area contributed by atoms with Gasteiger partial charge in [0.2, 0.25) is 0 Å². The molecule has 3 N–H and O–H groups in total. The van der Waals surface area contributed by atoms with E-state index in [1.807, 2.05) is 0 Å². The Labute approximate surface area is 112 Å². The zero-order valence-corrected chi connectivity index (χ0v) is 11.5. The standard InChI is InChI=1S/C12H20N4O3/c1-4-19-9(17)6-5-7-14-12(18)11-10(13)8(2)15-16(11)3/h4-7,13H2,1-3H3,(H,14,18). The van der Waals surface area contributed by atoms with Gasteiger partial charge in [0.05, 0.1) is 18.0 Å². The second-order valence-electron chi connectivity index (χ2n) is 4.14. The van der Waals surface area contributed by atoms with Gasteiger partial charge in [0.15, 0.2) is 0 Å². The highest BCUT2D eigenvalue weighted by atomic mass is 16.5. The number of ether oxygens (including phenoxy) is 1. The van der Waals surface area contributed by atoms with E-state index in [9.17, 15) is 9.59 Å². The molecule has 0 aromatic carbocycles. The number of nitrogen functional groups attached to an aromatic ring is 1. The second kappa shape index (κ2) is 6.77. The highest BCUT2D eigenvalue weighted by Crippen LogP contribution is 2.14. The molecule has 1 heterocycles. The first-order chi connectivity index (χ1) is 8.97. The highest BCUT2D eigenvalue weighted by Gasteiger charge is 2.17. The van der Waals surface area contributed by atoms with E-state index < -0.39 is 0 Å². The Morgan fingerprint density at radius 1 is 1.47 bits per heavy atom. The van der Waals surface area contributed by atoms with E-state index >= 15 is 0 Å².